The van der Waals surface area contributed by atoms with Gasteiger partial charge in [-0.15, -0.1) is 0 Å². The van der Waals surface area contributed by atoms with Gasteiger partial charge in [0, 0.05) is 19.7 Å². The van der Waals surface area contributed by atoms with Crippen LogP contribution >= 0.6 is 0 Å². The number of carbonyl (C=O) groups is 1. The van der Waals surface area contributed by atoms with Crippen LogP contribution in [0.2, 0.25) is 0 Å². The summed E-state index contributed by atoms with van der Waals surface area (Å²) in [5.41, 5.74) is -0.618. The molecule has 13 heavy (non-hydrogen) atoms. The first-order chi connectivity index (χ1) is 6.15. The van der Waals surface area contributed by atoms with Crippen molar-refractivity contribution in [2.24, 2.45) is 11.3 Å². The molecular formula is C9H15NO3. The maximum atomic E-state index is 11.2. The summed E-state index contributed by atoms with van der Waals surface area (Å²) in [7, 11) is 1.98. The van der Waals surface area contributed by atoms with Gasteiger partial charge >= 0.3 is 5.97 Å². The summed E-state index contributed by atoms with van der Waals surface area (Å²) >= 11 is 0. The molecule has 0 aromatic rings. The van der Waals surface area contributed by atoms with E-state index in [0.717, 1.165) is 13.0 Å². The first kappa shape index (κ1) is 8.97. The van der Waals surface area contributed by atoms with Crippen LogP contribution in [0.3, 0.4) is 0 Å². The molecule has 0 aromatic carbocycles. The van der Waals surface area contributed by atoms with Crippen molar-refractivity contribution >= 4 is 5.97 Å². The average molecular weight is 185 g/mol. The molecule has 2 atom stereocenters. The predicted molar refractivity (Wildman–Crippen MR) is 46.5 cm³/mol. The van der Waals surface area contributed by atoms with Crippen LogP contribution in [-0.4, -0.2) is 49.3 Å². The van der Waals surface area contributed by atoms with Crippen LogP contribution in [0.4, 0.5) is 0 Å². The molecule has 4 heteroatoms. The second-order valence-electron chi connectivity index (χ2n) is 4.20. The Morgan fingerprint density at radius 3 is 3.08 bits per heavy atom. The predicted octanol–water partition coefficient (Wildman–Crippen LogP) is 0.0393. The monoisotopic (exact) mass is 185 g/mol. The number of rotatable bonds is 1. The number of hydrogen-bond donors (Lipinski definition) is 1. The average Bonchev–Trinajstić information content (AvgIpc) is 2.41. The minimum atomic E-state index is -0.693. The summed E-state index contributed by atoms with van der Waals surface area (Å²) in [6, 6.07) is 0. The van der Waals surface area contributed by atoms with Gasteiger partial charge < -0.3 is 14.7 Å². The highest BCUT2D eigenvalue weighted by Crippen LogP contribution is 2.40. The zero-order chi connectivity index (χ0) is 9.47. The number of likely N-dealkylation sites (tertiary alicyclic amines) is 1. The van der Waals surface area contributed by atoms with Gasteiger partial charge in [0.1, 0.15) is 5.41 Å². The van der Waals surface area contributed by atoms with Crippen molar-refractivity contribution < 1.29 is 14.6 Å². The number of hydrogen-bond acceptors (Lipinski definition) is 3. The van der Waals surface area contributed by atoms with E-state index in [1.165, 1.54) is 0 Å². The van der Waals surface area contributed by atoms with Crippen LogP contribution in [-0.2, 0) is 9.53 Å². The van der Waals surface area contributed by atoms with Gasteiger partial charge in [0.25, 0.3) is 0 Å². The fourth-order valence-electron chi connectivity index (χ4n) is 2.54. The molecule has 2 unspecified atom stereocenters. The molecule has 4 nitrogen and oxygen atoms in total. The summed E-state index contributed by atoms with van der Waals surface area (Å²) in [5, 5.41) is 9.21. The Hall–Kier alpha value is -0.610. The molecule has 2 rings (SSSR count). The summed E-state index contributed by atoms with van der Waals surface area (Å²) < 4.78 is 5.29. The van der Waals surface area contributed by atoms with Crippen LogP contribution in [0.1, 0.15) is 6.42 Å². The van der Waals surface area contributed by atoms with E-state index < -0.39 is 11.4 Å². The van der Waals surface area contributed by atoms with Gasteiger partial charge in [-0.1, -0.05) is 0 Å². The highest BCUT2D eigenvalue weighted by molar-refractivity contribution is 5.76. The third kappa shape index (κ3) is 1.25. The van der Waals surface area contributed by atoms with Gasteiger partial charge in [0.05, 0.1) is 6.61 Å². The van der Waals surface area contributed by atoms with E-state index in [4.69, 9.17) is 4.74 Å². The Bertz CT molecular complexity index is 231. The largest absolute Gasteiger partial charge is 0.481 e. The molecular weight excluding hydrogens is 170 g/mol. The third-order valence-electron chi connectivity index (χ3n) is 3.26. The molecule has 2 fully saturated rings. The summed E-state index contributed by atoms with van der Waals surface area (Å²) in [5.74, 6) is -0.412. The smallest absolute Gasteiger partial charge is 0.313 e. The first-order valence-corrected chi connectivity index (χ1v) is 4.65. The lowest BCUT2D eigenvalue weighted by molar-refractivity contribution is -0.159. The van der Waals surface area contributed by atoms with Crippen molar-refractivity contribution in [3.8, 4) is 0 Å². The number of fused-ring (bicyclic) bond motifs is 1. The van der Waals surface area contributed by atoms with Crippen LogP contribution in [0.15, 0.2) is 0 Å². The van der Waals surface area contributed by atoms with E-state index in [2.05, 4.69) is 4.90 Å². The van der Waals surface area contributed by atoms with Crippen molar-refractivity contribution in [1.29, 1.82) is 0 Å². The van der Waals surface area contributed by atoms with Gasteiger partial charge in [0.2, 0.25) is 0 Å². The fraction of sp³-hybridized carbons (Fsp3) is 0.889. The minimum Gasteiger partial charge on any atom is -0.481 e. The summed E-state index contributed by atoms with van der Waals surface area (Å²) in [6.07, 6.45) is 0.886. The lowest BCUT2D eigenvalue weighted by Crippen LogP contribution is -2.46. The van der Waals surface area contributed by atoms with Crippen molar-refractivity contribution in [3.05, 3.63) is 0 Å². The number of nitrogens with zero attached hydrogens (tertiary/aromatic N) is 1. The fourth-order valence-corrected chi connectivity index (χ4v) is 2.54. The van der Waals surface area contributed by atoms with Crippen molar-refractivity contribution in [1.82, 2.24) is 4.90 Å². The molecule has 1 N–H and O–H groups in total. The maximum absolute atomic E-state index is 11.2. The molecule has 2 aliphatic rings. The molecule has 2 saturated heterocycles. The first-order valence-electron chi connectivity index (χ1n) is 4.65. The molecule has 2 heterocycles. The highest BCUT2D eigenvalue weighted by atomic mass is 16.5. The lowest BCUT2D eigenvalue weighted by atomic mass is 9.76. The van der Waals surface area contributed by atoms with Crippen molar-refractivity contribution in [2.75, 3.05) is 33.4 Å². The molecule has 0 amide bonds. The zero-order valence-corrected chi connectivity index (χ0v) is 7.82. The van der Waals surface area contributed by atoms with Crippen LogP contribution in [0.5, 0.6) is 0 Å². The minimum absolute atomic E-state index is 0.281. The highest BCUT2D eigenvalue weighted by Gasteiger charge is 2.53. The number of aliphatic carboxylic acids is 1. The quantitative estimate of drug-likeness (QED) is 0.626. The van der Waals surface area contributed by atoms with E-state index in [-0.39, 0.29) is 5.92 Å². The van der Waals surface area contributed by atoms with Crippen molar-refractivity contribution in [3.63, 3.8) is 0 Å². The van der Waals surface area contributed by atoms with E-state index in [1.807, 2.05) is 7.05 Å². The summed E-state index contributed by atoms with van der Waals surface area (Å²) in [6.45, 7) is 2.63. The van der Waals surface area contributed by atoms with Gasteiger partial charge in [0.15, 0.2) is 0 Å². The lowest BCUT2D eigenvalue weighted by Gasteiger charge is -2.34. The maximum Gasteiger partial charge on any atom is 0.313 e. The normalized spacial score (nSPS) is 40.2. The van der Waals surface area contributed by atoms with Crippen molar-refractivity contribution in [2.45, 2.75) is 6.42 Å². The van der Waals surface area contributed by atoms with Gasteiger partial charge in [-0.05, 0) is 19.4 Å². The Balaban J connectivity index is 2.24. The van der Waals surface area contributed by atoms with Crippen LogP contribution in [0, 0.1) is 11.3 Å². The number of carboxylic acids is 1. The Kier molecular flexibility index (Phi) is 2.04. The summed E-state index contributed by atoms with van der Waals surface area (Å²) in [4.78, 5) is 13.3. The Morgan fingerprint density at radius 1 is 1.69 bits per heavy atom. The second kappa shape index (κ2) is 2.96. The van der Waals surface area contributed by atoms with Gasteiger partial charge in [-0.2, -0.15) is 0 Å². The van der Waals surface area contributed by atoms with Crippen LogP contribution in [0.25, 0.3) is 0 Å². The second-order valence-corrected chi connectivity index (χ2v) is 4.20. The Labute approximate surface area is 77.5 Å². The van der Waals surface area contributed by atoms with E-state index in [1.54, 1.807) is 0 Å². The number of ether oxygens (including phenoxy) is 1. The molecule has 2 aliphatic heterocycles. The van der Waals surface area contributed by atoms with Gasteiger partial charge in [-0.25, -0.2) is 0 Å². The van der Waals surface area contributed by atoms with Gasteiger partial charge in [-0.3, -0.25) is 4.79 Å². The third-order valence-corrected chi connectivity index (χ3v) is 3.26. The molecule has 0 spiro atoms. The van der Waals surface area contributed by atoms with Crippen LogP contribution < -0.4 is 0 Å². The topological polar surface area (TPSA) is 49.8 Å². The zero-order valence-electron chi connectivity index (χ0n) is 7.82. The molecule has 0 aliphatic carbocycles. The van der Waals surface area contributed by atoms with E-state index in [9.17, 15) is 9.90 Å². The molecule has 0 radical (unpaired) electrons. The Morgan fingerprint density at radius 2 is 2.46 bits per heavy atom. The molecule has 0 aromatic heterocycles. The van der Waals surface area contributed by atoms with E-state index >= 15 is 0 Å². The van der Waals surface area contributed by atoms with E-state index in [0.29, 0.717) is 19.8 Å². The SMILES string of the molecule is CN1CC2CCOCC2(C(=O)O)C1. The molecule has 0 saturated carbocycles. The number of carboxylic acid groups (broad SMARTS) is 1. The standard InChI is InChI=1S/C9H15NO3/c1-10-4-7-2-3-13-6-9(7,5-10)8(11)12/h7H,2-6H2,1H3,(H,11,12). The molecule has 74 valence electrons. The molecule has 0 bridgehead atoms.